The van der Waals surface area contributed by atoms with E-state index >= 15 is 14.4 Å². The number of allylic oxidation sites excluding steroid dienone is 2. The Morgan fingerprint density at radius 2 is 1.10 bits per heavy atom. The number of aliphatic hydroxyl groups excluding tert-OH is 1. The van der Waals surface area contributed by atoms with Crippen LogP contribution >= 0.6 is 0 Å². The van der Waals surface area contributed by atoms with Gasteiger partial charge in [-0.1, -0.05) is 87.4 Å². The maximum Gasteiger partial charge on any atom is 0.258 e. The Bertz CT molecular complexity index is 2660. The van der Waals surface area contributed by atoms with Gasteiger partial charge in [-0.3, -0.25) is 58.1 Å². The lowest BCUT2D eigenvalue weighted by molar-refractivity contribution is -0.157. The van der Waals surface area contributed by atoms with Crippen LogP contribution in [-0.4, -0.2) is 233 Å². The number of likely N-dealkylation sites (N-methyl/N-ethyl adjacent to an activating group) is 7. The summed E-state index contributed by atoms with van der Waals surface area (Å²) < 4.78 is 0. The third-order valence-electron chi connectivity index (χ3n) is 16.6. The molecule has 1 aliphatic rings. The zero-order chi connectivity index (χ0) is 68.5. The van der Waals surface area contributed by atoms with E-state index in [1.807, 2.05) is 52.8 Å². The van der Waals surface area contributed by atoms with Crippen molar-refractivity contribution in [2.75, 3.05) is 61.6 Å². The van der Waals surface area contributed by atoms with Crippen LogP contribution in [0.2, 0.25) is 0 Å². The summed E-state index contributed by atoms with van der Waals surface area (Å²) in [5.41, 5.74) is 8.23. The fraction of sp³-hybridized carbons (Fsp3) is 0.703. The van der Waals surface area contributed by atoms with Crippen LogP contribution in [0.3, 0.4) is 0 Å². The molecule has 1 saturated heterocycles. The highest BCUT2D eigenvalue weighted by Crippen LogP contribution is 2.26. The molecule has 2 rings (SSSR count). The minimum atomic E-state index is -1.67. The molecule has 1 aliphatic heterocycles. The summed E-state index contributed by atoms with van der Waals surface area (Å²) in [5, 5.41) is 26.3. The largest absolute Gasteiger partial charge is 0.399 e. The van der Waals surface area contributed by atoms with Gasteiger partial charge < -0.3 is 66.4 Å². The summed E-state index contributed by atoms with van der Waals surface area (Å²) in [6, 6.07) is -4.73. The van der Waals surface area contributed by atoms with Crippen molar-refractivity contribution < 1.29 is 57.8 Å². The van der Waals surface area contributed by atoms with Crippen molar-refractivity contribution in [2.24, 2.45) is 29.6 Å². The predicted octanol–water partition coefficient (Wildman–Crippen LogP) is 2.26. The molecule has 89 heavy (non-hydrogen) atoms. The van der Waals surface area contributed by atoms with Gasteiger partial charge in [0.15, 0.2) is 6.17 Å². The number of nitrogens with one attached hydrogen (secondary N) is 5. The van der Waals surface area contributed by atoms with Gasteiger partial charge in [0, 0.05) is 61.1 Å². The number of rotatable bonds is 14. The second kappa shape index (κ2) is 34.7. The van der Waals surface area contributed by atoms with E-state index in [9.17, 15) is 43.5 Å². The van der Waals surface area contributed by atoms with E-state index in [2.05, 4.69) is 26.6 Å². The predicted molar refractivity (Wildman–Crippen MR) is 343 cm³/mol. The van der Waals surface area contributed by atoms with Gasteiger partial charge in [-0.15, -0.1) is 0 Å². The number of nitrogens with zero attached hydrogens (tertiary/aromatic N) is 7. The summed E-state index contributed by atoms with van der Waals surface area (Å²) in [7, 11) is 9.68. The van der Waals surface area contributed by atoms with Crippen molar-refractivity contribution in [1.82, 2.24) is 60.9 Å². The van der Waals surface area contributed by atoms with Gasteiger partial charge in [0.05, 0.1) is 12.6 Å². The van der Waals surface area contributed by atoms with Gasteiger partial charge in [0.2, 0.25) is 59.1 Å². The van der Waals surface area contributed by atoms with Gasteiger partial charge in [-0.2, -0.15) is 0 Å². The zero-order valence-electron chi connectivity index (χ0n) is 57.4. The van der Waals surface area contributed by atoms with E-state index in [4.69, 9.17) is 5.73 Å². The van der Waals surface area contributed by atoms with Gasteiger partial charge in [-0.05, 0) is 120 Å². The second-order valence-electron chi connectivity index (χ2n) is 26.1. The third-order valence-corrected chi connectivity index (χ3v) is 16.6. The number of nitrogen functional groups attached to an aromatic ring is 1. The molecular weight excluding hydrogens is 1140 g/mol. The average Bonchev–Trinajstić information content (AvgIpc) is 1.02. The molecule has 8 N–H and O–H groups in total. The van der Waals surface area contributed by atoms with Crippen molar-refractivity contribution in [3.8, 4) is 0 Å². The number of carbonyl (C=O) groups excluding carboxylic acids is 11. The Morgan fingerprint density at radius 1 is 0.573 bits per heavy atom. The van der Waals surface area contributed by atoms with Crippen LogP contribution in [0.25, 0.3) is 5.57 Å². The van der Waals surface area contributed by atoms with E-state index in [-0.39, 0.29) is 43.6 Å². The number of hydrogen-bond acceptors (Lipinski definition) is 14. The molecule has 1 fully saturated rings. The van der Waals surface area contributed by atoms with Crippen LogP contribution in [0.5, 0.6) is 0 Å². The average molecular weight is 1250 g/mol. The van der Waals surface area contributed by atoms with Gasteiger partial charge >= 0.3 is 0 Å². The standard InChI is InChI=1S/C64H109N13O12/c1-24-46-61(86)71(17)33-49(78)73(19)47(31-34(2)3)56(81)70-50(36(6)7)63(88)77(23)54(66-38(10)11)58(83)67-41(14)55(80)68-42(15)59(84)72(18)43(16)60(85)74(20)48(32-35(4)5)62(87)75(21)51(37(8)9)64(89)76(22)52(57(82)69-46)53(79)40(13)26-25-39(12)44-27-29-45(65)30-28-44/h25,27-30,34-38,40-43,46-48,50-54,66,79H,24,26,31-33,65H2,1-23H3,(H,67,83)(H,68,80)(H,69,82)(H,70,81)/b39-25-/t40-,41+,42+,43+,46+,47+,48+,50+,51+,52?,53-,54-/m1/s1. The molecule has 502 valence electrons. The number of benzene rings is 1. The molecule has 12 atom stereocenters. The molecule has 0 aromatic heterocycles. The lowest BCUT2D eigenvalue weighted by atomic mass is 9.90. The highest BCUT2D eigenvalue weighted by atomic mass is 16.3. The monoisotopic (exact) mass is 1250 g/mol. The maximum atomic E-state index is 15.3. The van der Waals surface area contributed by atoms with Crippen molar-refractivity contribution in [1.29, 1.82) is 0 Å². The topological polar surface area (TPSA) is 317 Å². The summed E-state index contributed by atoms with van der Waals surface area (Å²) in [6.45, 7) is 26.6. The highest BCUT2D eigenvalue weighted by Gasteiger charge is 2.45. The fourth-order valence-electron chi connectivity index (χ4n) is 10.7. The Balaban J connectivity index is 2.94. The van der Waals surface area contributed by atoms with Crippen molar-refractivity contribution >= 4 is 76.2 Å². The van der Waals surface area contributed by atoms with Crippen LogP contribution in [0.15, 0.2) is 30.3 Å². The molecule has 0 saturated carbocycles. The van der Waals surface area contributed by atoms with Crippen molar-refractivity contribution in [3.63, 3.8) is 0 Å². The molecule has 25 heteroatoms. The Kier molecular flexibility index (Phi) is 30.4. The molecule has 1 unspecified atom stereocenters. The van der Waals surface area contributed by atoms with E-state index in [0.717, 1.165) is 30.7 Å². The van der Waals surface area contributed by atoms with E-state index in [1.54, 1.807) is 67.5 Å². The van der Waals surface area contributed by atoms with Gasteiger partial charge in [-0.25, -0.2) is 0 Å². The number of carbonyl (C=O) groups is 11. The summed E-state index contributed by atoms with van der Waals surface area (Å²) in [6.07, 6.45) is -0.596. The van der Waals surface area contributed by atoms with Gasteiger partial charge in [0.25, 0.3) is 5.91 Å². The van der Waals surface area contributed by atoms with Crippen LogP contribution in [0.4, 0.5) is 5.69 Å². The Labute approximate surface area is 529 Å². The van der Waals surface area contributed by atoms with Crippen LogP contribution in [-0.2, 0) is 52.7 Å². The summed E-state index contributed by atoms with van der Waals surface area (Å²) in [5.74, 6) is -10.1. The summed E-state index contributed by atoms with van der Waals surface area (Å²) >= 11 is 0. The molecule has 0 aliphatic carbocycles. The van der Waals surface area contributed by atoms with Crippen molar-refractivity contribution in [2.45, 2.75) is 209 Å². The lowest BCUT2D eigenvalue weighted by Gasteiger charge is -2.41. The first-order valence-corrected chi connectivity index (χ1v) is 31.2. The SMILES string of the molecule is CC[C@@H]1NC(=O)C([C@H](O)[C@H](C)C/C=C(/C)c2ccc(N)cc2)N(C)C(=O)[C@H](C(C)C)N(C)C(=O)[C@H](CC(C)C)N(C)C(=O)[C@H](C)N(C)C(=O)[C@H](C)NC(=O)[C@H](C)NC(=O)[C@H](NC(C)C)N(C)C(=O)[C@H](C(C)C)NC(=O)[C@H](CC(C)C)N(C)C(=O)CN(C)C1=O. The van der Waals surface area contributed by atoms with E-state index in [1.165, 1.54) is 84.8 Å². The summed E-state index contributed by atoms with van der Waals surface area (Å²) in [4.78, 5) is 168. The number of nitrogens with two attached hydrogens (primary N) is 1. The molecule has 0 radical (unpaired) electrons. The maximum absolute atomic E-state index is 15.3. The first-order chi connectivity index (χ1) is 41.1. The van der Waals surface area contributed by atoms with E-state index < -0.39 is 156 Å². The number of aliphatic hydroxyl groups is 1. The number of hydrogen-bond donors (Lipinski definition) is 7. The minimum Gasteiger partial charge on any atom is -0.399 e. The van der Waals surface area contributed by atoms with E-state index in [0.29, 0.717) is 5.69 Å². The molecule has 1 aromatic rings. The lowest BCUT2D eigenvalue weighted by Crippen LogP contribution is -2.64. The molecular formula is C64H109N13O12. The highest BCUT2D eigenvalue weighted by molar-refractivity contribution is 5.99. The molecule has 11 amide bonds. The Morgan fingerprint density at radius 3 is 1.61 bits per heavy atom. The molecule has 0 bridgehead atoms. The van der Waals surface area contributed by atoms with Crippen LogP contribution < -0.4 is 32.3 Å². The second-order valence-corrected chi connectivity index (χ2v) is 26.1. The fourth-order valence-corrected chi connectivity index (χ4v) is 10.7. The quantitative estimate of drug-likeness (QED) is 0.132. The minimum absolute atomic E-state index is 0.00385. The Hall–Kier alpha value is -7.15. The van der Waals surface area contributed by atoms with Crippen molar-refractivity contribution in [3.05, 3.63) is 35.9 Å². The molecule has 1 heterocycles. The number of amides is 11. The smallest absolute Gasteiger partial charge is 0.258 e. The normalized spacial score (nSPS) is 26.2. The molecule has 0 spiro atoms. The van der Waals surface area contributed by atoms with Gasteiger partial charge in [0.1, 0.15) is 54.4 Å². The third kappa shape index (κ3) is 21.2. The van der Waals surface area contributed by atoms with Crippen LogP contribution in [0, 0.1) is 29.6 Å². The van der Waals surface area contributed by atoms with Crippen LogP contribution in [0.1, 0.15) is 142 Å². The number of anilines is 1. The first-order valence-electron chi connectivity index (χ1n) is 31.2. The first kappa shape index (κ1) is 77.9. The zero-order valence-corrected chi connectivity index (χ0v) is 57.4. The molecule has 1 aromatic carbocycles. The molecule has 25 nitrogen and oxygen atoms in total.